The highest BCUT2D eigenvalue weighted by Gasteiger charge is 2.09. The van der Waals surface area contributed by atoms with Crippen molar-refractivity contribution in [2.75, 3.05) is 7.11 Å². The first-order chi connectivity index (χ1) is 10.8. The molecule has 0 bridgehead atoms. The topological polar surface area (TPSA) is 44.1 Å². The maximum absolute atomic E-state index is 12.5. The van der Waals surface area contributed by atoms with Gasteiger partial charge in [0.05, 0.1) is 13.4 Å². The summed E-state index contributed by atoms with van der Waals surface area (Å²) in [6, 6.07) is 14.8. The SMILES string of the molecule is COc1ccc(C(=O)c2cccc(Cn3ccnc3)c2)cc1. The van der Waals surface area contributed by atoms with Crippen molar-refractivity contribution >= 4 is 5.78 Å². The molecule has 2 aromatic carbocycles. The van der Waals surface area contributed by atoms with Gasteiger partial charge in [0.25, 0.3) is 0 Å². The summed E-state index contributed by atoms with van der Waals surface area (Å²) in [5, 5.41) is 0. The van der Waals surface area contributed by atoms with Gasteiger partial charge in [0.1, 0.15) is 5.75 Å². The van der Waals surface area contributed by atoms with Crippen molar-refractivity contribution in [3.8, 4) is 5.75 Å². The number of nitrogens with zero attached hydrogens (tertiary/aromatic N) is 2. The maximum atomic E-state index is 12.5. The smallest absolute Gasteiger partial charge is 0.193 e. The highest BCUT2D eigenvalue weighted by atomic mass is 16.5. The minimum atomic E-state index is 0.00938. The Hall–Kier alpha value is -2.88. The zero-order valence-electron chi connectivity index (χ0n) is 12.3. The zero-order chi connectivity index (χ0) is 15.4. The van der Waals surface area contributed by atoms with E-state index >= 15 is 0 Å². The van der Waals surface area contributed by atoms with Gasteiger partial charge in [-0.2, -0.15) is 0 Å². The fraction of sp³-hybridized carbons (Fsp3) is 0.111. The third kappa shape index (κ3) is 3.06. The molecule has 0 aliphatic carbocycles. The zero-order valence-corrected chi connectivity index (χ0v) is 12.3. The minimum Gasteiger partial charge on any atom is -0.497 e. The van der Waals surface area contributed by atoms with E-state index in [9.17, 15) is 4.79 Å². The van der Waals surface area contributed by atoms with Crippen molar-refractivity contribution in [1.82, 2.24) is 9.55 Å². The Morgan fingerprint density at radius 1 is 1.14 bits per heavy atom. The third-order valence-electron chi connectivity index (χ3n) is 3.47. The van der Waals surface area contributed by atoms with Gasteiger partial charge in [-0.15, -0.1) is 0 Å². The normalized spacial score (nSPS) is 10.4. The maximum Gasteiger partial charge on any atom is 0.193 e. The summed E-state index contributed by atoms with van der Waals surface area (Å²) in [6.45, 7) is 0.698. The molecule has 4 heteroatoms. The lowest BCUT2D eigenvalue weighted by molar-refractivity contribution is 0.103. The standard InChI is InChI=1S/C18H16N2O2/c1-22-17-7-5-15(6-8-17)18(21)16-4-2-3-14(11-16)12-20-10-9-19-13-20/h2-11,13H,12H2,1H3. The van der Waals surface area contributed by atoms with E-state index in [0.717, 1.165) is 11.3 Å². The molecule has 110 valence electrons. The van der Waals surface area contributed by atoms with Gasteiger partial charge in [-0.3, -0.25) is 4.79 Å². The first-order valence-electron chi connectivity index (χ1n) is 7.00. The summed E-state index contributed by atoms with van der Waals surface area (Å²) in [5.41, 5.74) is 2.40. The molecule has 0 spiro atoms. The predicted molar refractivity (Wildman–Crippen MR) is 84.2 cm³/mol. The van der Waals surface area contributed by atoms with Gasteiger partial charge < -0.3 is 9.30 Å². The number of carbonyl (C=O) groups is 1. The molecule has 3 rings (SSSR count). The lowest BCUT2D eigenvalue weighted by Crippen LogP contribution is -2.03. The van der Waals surface area contributed by atoms with Gasteiger partial charge in [-0.05, 0) is 35.9 Å². The van der Waals surface area contributed by atoms with Crippen molar-refractivity contribution in [3.63, 3.8) is 0 Å². The first kappa shape index (κ1) is 14.1. The molecule has 22 heavy (non-hydrogen) atoms. The number of aromatic nitrogens is 2. The van der Waals surface area contributed by atoms with Crippen molar-refractivity contribution in [1.29, 1.82) is 0 Å². The molecule has 0 aliphatic heterocycles. The molecule has 3 aromatic rings. The molecule has 0 aliphatic rings. The van der Waals surface area contributed by atoms with Crippen molar-refractivity contribution in [2.24, 2.45) is 0 Å². The fourth-order valence-electron chi connectivity index (χ4n) is 2.31. The van der Waals surface area contributed by atoms with Crippen LogP contribution in [-0.2, 0) is 6.54 Å². The lowest BCUT2D eigenvalue weighted by Gasteiger charge is -2.06. The Kier molecular flexibility index (Phi) is 4.01. The van der Waals surface area contributed by atoms with Crippen LogP contribution < -0.4 is 4.74 Å². The quantitative estimate of drug-likeness (QED) is 0.678. The second kappa shape index (κ2) is 6.26. The van der Waals surface area contributed by atoms with Crippen LogP contribution >= 0.6 is 0 Å². The number of imidazole rings is 1. The molecule has 0 amide bonds. The van der Waals surface area contributed by atoms with Crippen LogP contribution in [-0.4, -0.2) is 22.4 Å². The summed E-state index contributed by atoms with van der Waals surface area (Å²) < 4.78 is 7.08. The number of ether oxygens (including phenoxy) is 1. The minimum absolute atomic E-state index is 0.00938. The van der Waals surface area contributed by atoms with Crippen molar-refractivity contribution in [2.45, 2.75) is 6.54 Å². The summed E-state index contributed by atoms with van der Waals surface area (Å²) >= 11 is 0. The van der Waals surface area contributed by atoms with E-state index in [4.69, 9.17) is 4.74 Å². The number of ketones is 1. The molecule has 0 N–H and O–H groups in total. The van der Waals surface area contributed by atoms with Crippen LogP contribution in [0.5, 0.6) is 5.75 Å². The number of hydrogen-bond donors (Lipinski definition) is 0. The van der Waals surface area contributed by atoms with Crippen LogP contribution in [0.1, 0.15) is 21.5 Å². The van der Waals surface area contributed by atoms with Gasteiger partial charge >= 0.3 is 0 Å². The van der Waals surface area contributed by atoms with Crippen molar-refractivity contribution in [3.05, 3.63) is 83.9 Å². The molecule has 1 heterocycles. The average molecular weight is 292 g/mol. The number of methoxy groups -OCH3 is 1. The second-order valence-corrected chi connectivity index (χ2v) is 4.99. The van der Waals surface area contributed by atoms with Gasteiger partial charge in [0.15, 0.2) is 5.78 Å². The van der Waals surface area contributed by atoms with E-state index in [1.54, 1.807) is 43.9 Å². The summed E-state index contributed by atoms with van der Waals surface area (Å²) in [4.78, 5) is 16.6. The number of hydrogen-bond acceptors (Lipinski definition) is 3. The van der Waals surface area contributed by atoms with Crippen LogP contribution in [0.2, 0.25) is 0 Å². The number of benzene rings is 2. The Labute approximate surface area is 129 Å². The predicted octanol–water partition coefficient (Wildman–Crippen LogP) is 3.17. The van der Waals surface area contributed by atoms with E-state index in [2.05, 4.69) is 4.98 Å². The molecule has 1 aromatic heterocycles. The van der Waals surface area contributed by atoms with Gasteiger partial charge in [0, 0.05) is 30.1 Å². The van der Waals surface area contributed by atoms with E-state index in [1.807, 2.05) is 35.0 Å². The van der Waals surface area contributed by atoms with Gasteiger partial charge in [-0.1, -0.05) is 18.2 Å². The van der Waals surface area contributed by atoms with E-state index in [1.165, 1.54) is 0 Å². The molecule has 4 nitrogen and oxygen atoms in total. The number of carbonyl (C=O) groups excluding carboxylic acids is 1. The first-order valence-corrected chi connectivity index (χ1v) is 7.00. The van der Waals surface area contributed by atoms with Crippen molar-refractivity contribution < 1.29 is 9.53 Å². The summed E-state index contributed by atoms with van der Waals surface area (Å²) in [7, 11) is 1.61. The van der Waals surface area contributed by atoms with Crippen LogP contribution in [0.15, 0.2) is 67.3 Å². The van der Waals surface area contributed by atoms with Gasteiger partial charge in [-0.25, -0.2) is 4.98 Å². The van der Waals surface area contributed by atoms with Crippen LogP contribution in [0, 0.1) is 0 Å². The lowest BCUT2D eigenvalue weighted by atomic mass is 10.0. The molecule has 0 radical (unpaired) electrons. The van der Waals surface area contributed by atoms with E-state index in [0.29, 0.717) is 17.7 Å². The summed E-state index contributed by atoms with van der Waals surface area (Å²) in [5.74, 6) is 0.751. The Morgan fingerprint density at radius 3 is 2.64 bits per heavy atom. The second-order valence-electron chi connectivity index (χ2n) is 4.99. The molecule has 0 saturated carbocycles. The van der Waals surface area contributed by atoms with Crippen LogP contribution in [0.4, 0.5) is 0 Å². The molecule has 0 unspecified atom stereocenters. The highest BCUT2D eigenvalue weighted by molar-refractivity contribution is 6.09. The summed E-state index contributed by atoms with van der Waals surface area (Å²) in [6.07, 6.45) is 5.41. The Morgan fingerprint density at radius 2 is 1.95 bits per heavy atom. The monoisotopic (exact) mass is 292 g/mol. The number of rotatable bonds is 5. The van der Waals surface area contributed by atoms with E-state index in [-0.39, 0.29) is 5.78 Å². The van der Waals surface area contributed by atoms with E-state index < -0.39 is 0 Å². The molecular formula is C18H16N2O2. The van der Waals surface area contributed by atoms with Gasteiger partial charge in [0.2, 0.25) is 0 Å². The third-order valence-corrected chi connectivity index (χ3v) is 3.47. The molecule has 0 saturated heterocycles. The molecule has 0 atom stereocenters. The molecular weight excluding hydrogens is 276 g/mol. The average Bonchev–Trinajstić information content (AvgIpc) is 3.07. The van der Waals surface area contributed by atoms with Crippen LogP contribution in [0.25, 0.3) is 0 Å². The highest BCUT2D eigenvalue weighted by Crippen LogP contribution is 2.16. The fourth-order valence-corrected chi connectivity index (χ4v) is 2.31. The Bertz CT molecular complexity index is 762. The van der Waals surface area contributed by atoms with Crippen LogP contribution in [0.3, 0.4) is 0 Å². The largest absolute Gasteiger partial charge is 0.497 e. The Balaban J connectivity index is 1.82. The molecule has 0 fully saturated rings.